The largest absolute Gasteiger partial charge is 0.327 e. The third kappa shape index (κ3) is 4.40. The Kier molecular flexibility index (Phi) is 5.20. The van der Waals surface area contributed by atoms with Crippen LogP contribution < -0.4 is 0 Å². The first kappa shape index (κ1) is 18.6. The van der Waals surface area contributed by atoms with Gasteiger partial charge in [-0.2, -0.15) is 0 Å². The van der Waals surface area contributed by atoms with Crippen molar-refractivity contribution in [2.24, 2.45) is 0 Å². The first-order valence-corrected chi connectivity index (χ1v) is 9.28. The number of hydrogen-bond donors (Lipinski definition) is 0. The van der Waals surface area contributed by atoms with E-state index in [1.54, 1.807) is 31.0 Å². The predicted octanol–water partition coefficient (Wildman–Crippen LogP) is 3.23. The maximum absolute atomic E-state index is 12.6. The van der Waals surface area contributed by atoms with Crippen molar-refractivity contribution < 1.29 is 4.79 Å². The van der Waals surface area contributed by atoms with E-state index in [1.165, 1.54) is 0 Å². The van der Waals surface area contributed by atoms with E-state index >= 15 is 0 Å². The second kappa shape index (κ2) is 8.10. The first-order valence-electron chi connectivity index (χ1n) is 9.28. The molecule has 0 bridgehead atoms. The van der Waals surface area contributed by atoms with Gasteiger partial charge < -0.3 is 4.57 Å². The van der Waals surface area contributed by atoms with Crippen molar-refractivity contribution in [1.82, 2.24) is 29.5 Å². The highest BCUT2D eigenvalue weighted by Gasteiger charge is 2.12. The number of hydrogen-bond acceptors (Lipinski definition) is 6. The van der Waals surface area contributed by atoms with Gasteiger partial charge in [0.05, 0.1) is 30.6 Å². The van der Waals surface area contributed by atoms with Crippen molar-refractivity contribution in [2.45, 2.75) is 26.8 Å². The third-order valence-electron chi connectivity index (χ3n) is 4.59. The minimum atomic E-state index is 0.0684. The zero-order valence-corrected chi connectivity index (χ0v) is 16.3. The fraction of sp³-hybridized carbons (Fsp3) is 0.182. The number of aryl methyl sites for hydroxylation is 2. The van der Waals surface area contributed by atoms with Gasteiger partial charge in [0.2, 0.25) is 0 Å². The molecule has 0 aromatic carbocycles. The Morgan fingerprint density at radius 2 is 1.69 bits per heavy atom. The van der Waals surface area contributed by atoms with Crippen LogP contribution in [0.3, 0.4) is 0 Å². The van der Waals surface area contributed by atoms with Gasteiger partial charge in [-0.05, 0) is 38.1 Å². The molecule has 0 radical (unpaired) electrons. The monoisotopic (exact) mass is 384 g/mol. The summed E-state index contributed by atoms with van der Waals surface area (Å²) in [6.45, 7) is 4.10. The van der Waals surface area contributed by atoms with Gasteiger partial charge in [-0.1, -0.05) is 0 Å². The molecule has 4 aromatic rings. The van der Waals surface area contributed by atoms with Crippen LogP contribution >= 0.6 is 0 Å². The van der Waals surface area contributed by atoms with Gasteiger partial charge in [0, 0.05) is 53.5 Å². The SMILES string of the molecule is Cc1ccc(-c2cn(CC(=O)Cc3ccc(-c4cnccn4)cn3)c(C)n2)cn1. The molecule has 0 atom stereocenters. The van der Waals surface area contributed by atoms with E-state index in [0.29, 0.717) is 0 Å². The van der Waals surface area contributed by atoms with Crippen molar-refractivity contribution in [3.05, 3.63) is 78.7 Å². The Bertz CT molecular complexity index is 1120. The molecule has 0 saturated carbocycles. The van der Waals surface area contributed by atoms with E-state index in [2.05, 4.69) is 24.9 Å². The summed E-state index contributed by atoms with van der Waals surface area (Å²) in [6.07, 6.45) is 10.6. The Morgan fingerprint density at radius 1 is 0.897 bits per heavy atom. The lowest BCUT2D eigenvalue weighted by molar-refractivity contribution is -0.119. The van der Waals surface area contributed by atoms with Crippen LogP contribution in [-0.2, 0) is 17.8 Å². The lowest BCUT2D eigenvalue weighted by Crippen LogP contribution is -2.13. The van der Waals surface area contributed by atoms with Crippen LogP contribution in [0.25, 0.3) is 22.5 Å². The number of carbonyl (C=O) groups is 1. The number of aromatic nitrogens is 6. The molecule has 0 saturated heterocycles. The Morgan fingerprint density at radius 3 is 2.38 bits per heavy atom. The molecule has 0 amide bonds. The molecule has 0 fully saturated rings. The summed E-state index contributed by atoms with van der Waals surface area (Å²) >= 11 is 0. The topological polar surface area (TPSA) is 86.5 Å². The lowest BCUT2D eigenvalue weighted by Gasteiger charge is -2.05. The molecule has 4 rings (SSSR count). The van der Waals surface area contributed by atoms with E-state index < -0.39 is 0 Å². The van der Waals surface area contributed by atoms with Crippen LogP contribution in [0.5, 0.6) is 0 Å². The van der Waals surface area contributed by atoms with Crippen molar-refractivity contribution >= 4 is 5.78 Å². The van der Waals surface area contributed by atoms with Gasteiger partial charge >= 0.3 is 0 Å². The van der Waals surface area contributed by atoms with Crippen LogP contribution in [-0.4, -0.2) is 35.3 Å². The molecule has 0 aliphatic carbocycles. The van der Waals surface area contributed by atoms with Crippen LogP contribution in [0.15, 0.2) is 61.4 Å². The molecule has 144 valence electrons. The number of carbonyl (C=O) groups excluding carboxylic acids is 1. The van der Waals surface area contributed by atoms with E-state index in [9.17, 15) is 4.79 Å². The quantitative estimate of drug-likeness (QED) is 0.507. The fourth-order valence-corrected chi connectivity index (χ4v) is 3.00. The number of ketones is 1. The van der Waals surface area contributed by atoms with Gasteiger partial charge in [0.25, 0.3) is 0 Å². The molecule has 4 aromatic heterocycles. The van der Waals surface area contributed by atoms with Crippen molar-refractivity contribution in [2.75, 3.05) is 0 Å². The third-order valence-corrected chi connectivity index (χ3v) is 4.59. The van der Waals surface area contributed by atoms with Gasteiger partial charge in [0.1, 0.15) is 5.82 Å². The van der Waals surface area contributed by atoms with E-state index in [4.69, 9.17) is 0 Å². The molecule has 7 nitrogen and oxygen atoms in total. The van der Waals surface area contributed by atoms with Gasteiger partial charge in [-0.15, -0.1) is 0 Å². The van der Waals surface area contributed by atoms with Gasteiger partial charge in [-0.25, -0.2) is 4.98 Å². The van der Waals surface area contributed by atoms with E-state index in [1.807, 2.05) is 48.9 Å². The lowest BCUT2D eigenvalue weighted by atomic mass is 10.1. The average molecular weight is 384 g/mol. The molecule has 0 aliphatic heterocycles. The molecule has 0 unspecified atom stereocenters. The predicted molar refractivity (Wildman–Crippen MR) is 109 cm³/mol. The van der Waals surface area contributed by atoms with Crippen molar-refractivity contribution in [3.8, 4) is 22.5 Å². The Labute approximate surface area is 168 Å². The van der Waals surface area contributed by atoms with Gasteiger partial charge in [0.15, 0.2) is 5.78 Å². The summed E-state index contributed by atoms with van der Waals surface area (Å²) < 4.78 is 1.87. The maximum atomic E-state index is 12.6. The summed E-state index contributed by atoms with van der Waals surface area (Å²) in [5, 5.41) is 0. The summed E-state index contributed by atoms with van der Waals surface area (Å²) in [5.41, 5.74) is 5.06. The molecule has 0 N–H and O–H groups in total. The standard InChI is InChI=1S/C22H20N6O/c1-15-3-4-18(10-25-15)22-14-28(16(2)27-22)13-20(29)9-19-6-5-17(11-26-19)21-12-23-7-8-24-21/h3-8,10-12,14H,9,13H2,1-2H3. The van der Waals surface area contributed by atoms with E-state index in [0.717, 1.165) is 39.7 Å². The molecule has 7 heteroatoms. The average Bonchev–Trinajstić information content (AvgIpc) is 3.10. The summed E-state index contributed by atoms with van der Waals surface area (Å²) in [7, 11) is 0. The van der Waals surface area contributed by atoms with Crippen molar-refractivity contribution in [3.63, 3.8) is 0 Å². The molecule has 0 spiro atoms. The van der Waals surface area contributed by atoms with Crippen LogP contribution in [0.1, 0.15) is 17.2 Å². The number of pyridine rings is 2. The number of rotatable bonds is 6. The summed E-state index contributed by atoms with van der Waals surface area (Å²) in [5.74, 6) is 0.860. The van der Waals surface area contributed by atoms with Crippen LogP contribution in [0.4, 0.5) is 0 Å². The van der Waals surface area contributed by atoms with E-state index in [-0.39, 0.29) is 18.7 Å². The minimum absolute atomic E-state index is 0.0684. The number of Topliss-reactive ketones (excluding diaryl/α,β-unsaturated/α-hetero) is 1. The highest BCUT2D eigenvalue weighted by Crippen LogP contribution is 2.18. The highest BCUT2D eigenvalue weighted by atomic mass is 16.1. The summed E-state index contributed by atoms with van der Waals surface area (Å²) in [4.78, 5) is 34.1. The van der Waals surface area contributed by atoms with Gasteiger partial charge in [-0.3, -0.25) is 24.7 Å². The highest BCUT2D eigenvalue weighted by molar-refractivity contribution is 5.80. The van der Waals surface area contributed by atoms with Crippen LogP contribution in [0.2, 0.25) is 0 Å². The Balaban J connectivity index is 1.43. The van der Waals surface area contributed by atoms with Crippen LogP contribution in [0, 0.1) is 13.8 Å². The molecular weight excluding hydrogens is 364 g/mol. The summed E-state index contributed by atoms with van der Waals surface area (Å²) in [6, 6.07) is 7.70. The smallest absolute Gasteiger partial charge is 0.158 e. The number of nitrogens with zero attached hydrogens (tertiary/aromatic N) is 6. The molecule has 0 aliphatic rings. The van der Waals surface area contributed by atoms with Crippen molar-refractivity contribution in [1.29, 1.82) is 0 Å². The zero-order chi connectivity index (χ0) is 20.2. The second-order valence-corrected chi connectivity index (χ2v) is 6.83. The normalized spacial score (nSPS) is 10.8. The molecule has 29 heavy (non-hydrogen) atoms. The fourth-order valence-electron chi connectivity index (χ4n) is 3.00. The molecular formula is C22H20N6O. The minimum Gasteiger partial charge on any atom is -0.327 e. The Hall–Kier alpha value is -3.74. The zero-order valence-electron chi connectivity index (χ0n) is 16.3. The number of imidazole rings is 1. The second-order valence-electron chi connectivity index (χ2n) is 6.83. The first-order chi connectivity index (χ1) is 14.1. The maximum Gasteiger partial charge on any atom is 0.158 e. The molecule has 4 heterocycles.